The van der Waals surface area contributed by atoms with Gasteiger partial charge in [-0.3, -0.25) is 4.90 Å². The smallest absolute Gasteiger partial charge is 0.0593 e. The molecule has 3 nitrogen and oxygen atoms in total. The van der Waals surface area contributed by atoms with E-state index < -0.39 is 0 Å². The summed E-state index contributed by atoms with van der Waals surface area (Å²) in [6.07, 6.45) is 0. The molecule has 102 valence electrons. The highest BCUT2D eigenvalue weighted by atomic mass is 79.9. The van der Waals surface area contributed by atoms with Crippen molar-refractivity contribution in [2.24, 2.45) is 5.73 Å². The molecular formula is C14H23BrN2O. The van der Waals surface area contributed by atoms with Crippen molar-refractivity contribution in [3.8, 4) is 0 Å². The molecule has 2 N–H and O–H groups in total. The lowest BCUT2D eigenvalue weighted by Crippen LogP contribution is -2.39. The zero-order valence-corrected chi connectivity index (χ0v) is 13.0. The molecule has 0 aliphatic heterocycles. The fraction of sp³-hybridized carbons (Fsp3) is 0.571. The van der Waals surface area contributed by atoms with Crippen molar-refractivity contribution < 1.29 is 4.74 Å². The van der Waals surface area contributed by atoms with Gasteiger partial charge in [0.15, 0.2) is 0 Å². The maximum Gasteiger partial charge on any atom is 0.0593 e. The molecule has 1 aromatic carbocycles. The van der Waals surface area contributed by atoms with Crippen LogP contribution in [-0.2, 0) is 4.74 Å². The summed E-state index contributed by atoms with van der Waals surface area (Å²) >= 11 is 3.60. The Morgan fingerprint density at radius 3 is 2.61 bits per heavy atom. The first-order valence-corrected chi connectivity index (χ1v) is 7.15. The molecule has 0 heterocycles. The van der Waals surface area contributed by atoms with Gasteiger partial charge in [0.1, 0.15) is 0 Å². The van der Waals surface area contributed by atoms with Crippen LogP contribution < -0.4 is 5.73 Å². The van der Waals surface area contributed by atoms with E-state index in [2.05, 4.69) is 40.0 Å². The van der Waals surface area contributed by atoms with E-state index in [1.807, 2.05) is 26.0 Å². The Morgan fingerprint density at radius 2 is 2.06 bits per heavy atom. The number of ether oxygens (including phenoxy) is 1. The molecule has 4 heteroatoms. The SMILES string of the molecule is CCOCCN(C)C(c1ccccc1Br)C(C)N. The van der Waals surface area contributed by atoms with Crippen LogP contribution in [0.5, 0.6) is 0 Å². The van der Waals surface area contributed by atoms with Crippen LogP contribution in [0.25, 0.3) is 0 Å². The maximum atomic E-state index is 6.14. The summed E-state index contributed by atoms with van der Waals surface area (Å²) in [7, 11) is 2.09. The third-order valence-electron chi connectivity index (χ3n) is 2.99. The van der Waals surface area contributed by atoms with Crippen LogP contribution in [0, 0.1) is 0 Å². The minimum Gasteiger partial charge on any atom is -0.380 e. The van der Waals surface area contributed by atoms with E-state index in [0.29, 0.717) is 0 Å². The highest BCUT2D eigenvalue weighted by Gasteiger charge is 2.22. The fourth-order valence-electron chi connectivity index (χ4n) is 2.13. The van der Waals surface area contributed by atoms with E-state index in [-0.39, 0.29) is 12.1 Å². The Hall–Kier alpha value is -0.420. The van der Waals surface area contributed by atoms with Gasteiger partial charge in [-0.2, -0.15) is 0 Å². The molecule has 0 saturated heterocycles. The Kier molecular flexibility index (Phi) is 6.86. The van der Waals surface area contributed by atoms with Gasteiger partial charge in [-0.1, -0.05) is 34.1 Å². The molecule has 2 atom stereocenters. The highest BCUT2D eigenvalue weighted by molar-refractivity contribution is 9.10. The molecule has 0 fully saturated rings. The number of hydrogen-bond donors (Lipinski definition) is 1. The summed E-state index contributed by atoms with van der Waals surface area (Å²) in [5.41, 5.74) is 7.37. The summed E-state index contributed by atoms with van der Waals surface area (Å²) < 4.78 is 6.51. The molecule has 0 aliphatic carbocycles. The van der Waals surface area contributed by atoms with Crippen LogP contribution >= 0.6 is 15.9 Å². The second-order valence-corrected chi connectivity index (χ2v) is 5.36. The van der Waals surface area contributed by atoms with Gasteiger partial charge >= 0.3 is 0 Å². The first kappa shape index (κ1) is 15.6. The van der Waals surface area contributed by atoms with Gasteiger partial charge < -0.3 is 10.5 Å². The van der Waals surface area contributed by atoms with E-state index in [0.717, 1.165) is 24.2 Å². The van der Waals surface area contributed by atoms with Crippen molar-refractivity contribution >= 4 is 15.9 Å². The second-order valence-electron chi connectivity index (χ2n) is 4.50. The zero-order valence-electron chi connectivity index (χ0n) is 11.4. The van der Waals surface area contributed by atoms with Gasteiger partial charge in [0.2, 0.25) is 0 Å². The minimum absolute atomic E-state index is 0.0651. The number of benzene rings is 1. The van der Waals surface area contributed by atoms with Gasteiger partial charge in [-0.15, -0.1) is 0 Å². The quantitative estimate of drug-likeness (QED) is 0.786. The van der Waals surface area contributed by atoms with Crippen molar-refractivity contribution in [3.63, 3.8) is 0 Å². The Bertz CT molecular complexity index is 357. The van der Waals surface area contributed by atoms with Gasteiger partial charge in [0, 0.05) is 23.7 Å². The second kappa shape index (κ2) is 7.89. The average Bonchev–Trinajstić information content (AvgIpc) is 2.32. The summed E-state index contributed by atoms with van der Waals surface area (Å²) in [6, 6.07) is 8.50. The number of rotatable bonds is 7. The highest BCUT2D eigenvalue weighted by Crippen LogP contribution is 2.28. The van der Waals surface area contributed by atoms with Gasteiger partial charge in [0.25, 0.3) is 0 Å². The largest absolute Gasteiger partial charge is 0.380 e. The molecule has 0 radical (unpaired) electrons. The third-order valence-corrected chi connectivity index (χ3v) is 3.71. The lowest BCUT2D eigenvalue weighted by Gasteiger charge is -2.32. The average molecular weight is 315 g/mol. The molecule has 0 aliphatic rings. The van der Waals surface area contributed by atoms with Crippen molar-refractivity contribution in [3.05, 3.63) is 34.3 Å². The summed E-state index contributed by atoms with van der Waals surface area (Å²) in [6.45, 7) is 6.42. The maximum absolute atomic E-state index is 6.14. The lowest BCUT2D eigenvalue weighted by molar-refractivity contribution is 0.102. The standard InChI is InChI=1S/C14H23BrN2O/c1-4-18-10-9-17(3)14(11(2)16)12-7-5-6-8-13(12)15/h5-8,11,14H,4,9-10,16H2,1-3H3. The number of nitrogens with two attached hydrogens (primary N) is 1. The Balaban J connectivity index is 2.79. The van der Waals surface area contributed by atoms with Gasteiger partial charge in [0.05, 0.1) is 12.6 Å². The summed E-state index contributed by atoms with van der Waals surface area (Å²) in [5.74, 6) is 0. The molecule has 0 bridgehead atoms. The lowest BCUT2D eigenvalue weighted by atomic mass is 10.00. The number of nitrogens with zero attached hydrogens (tertiary/aromatic N) is 1. The molecule has 2 unspecified atom stereocenters. The van der Waals surface area contributed by atoms with E-state index >= 15 is 0 Å². The Morgan fingerprint density at radius 1 is 1.39 bits per heavy atom. The normalized spacial score (nSPS) is 14.8. The van der Waals surface area contributed by atoms with E-state index in [1.54, 1.807) is 0 Å². The molecule has 0 amide bonds. The third kappa shape index (κ3) is 4.35. The van der Waals surface area contributed by atoms with Crippen molar-refractivity contribution in [2.75, 3.05) is 26.8 Å². The van der Waals surface area contributed by atoms with Crippen LogP contribution in [0.2, 0.25) is 0 Å². The van der Waals surface area contributed by atoms with E-state index in [4.69, 9.17) is 10.5 Å². The fourth-order valence-corrected chi connectivity index (χ4v) is 2.65. The molecule has 0 aromatic heterocycles. The van der Waals surface area contributed by atoms with Crippen molar-refractivity contribution in [1.82, 2.24) is 4.90 Å². The predicted molar refractivity (Wildman–Crippen MR) is 79.7 cm³/mol. The minimum atomic E-state index is 0.0651. The van der Waals surface area contributed by atoms with Crippen LogP contribution in [0.3, 0.4) is 0 Å². The zero-order chi connectivity index (χ0) is 13.5. The van der Waals surface area contributed by atoms with Crippen LogP contribution in [0.15, 0.2) is 28.7 Å². The van der Waals surface area contributed by atoms with Crippen LogP contribution in [0.1, 0.15) is 25.5 Å². The van der Waals surface area contributed by atoms with Gasteiger partial charge in [-0.25, -0.2) is 0 Å². The van der Waals surface area contributed by atoms with Crippen LogP contribution in [-0.4, -0.2) is 37.7 Å². The summed E-state index contributed by atoms with van der Waals surface area (Å²) in [4.78, 5) is 2.25. The number of halogens is 1. The summed E-state index contributed by atoms with van der Waals surface area (Å²) in [5, 5.41) is 0. The molecule has 18 heavy (non-hydrogen) atoms. The van der Waals surface area contributed by atoms with E-state index in [1.165, 1.54) is 5.56 Å². The molecular weight excluding hydrogens is 292 g/mol. The predicted octanol–water partition coefficient (Wildman–Crippen LogP) is 2.81. The van der Waals surface area contributed by atoms with Crippen LogP contribution in [0.4, 0.5) is 0 Å². The topological polar surface area (TPSA) is 38.5 Å². The van der Waals surface area contributed by atoms with Crippen molar-refractivity contribution in [1.29, 1.82) is 0 Å². The molecule has 0 spiro atoms. The molecule has 1 rings (SSSR count). The number of likely N-dealkylation sites (N-methyl/N-ethyl adjacent to an activating group) is 1. The molecule has 1 aromatic rings. The Labute approximate surface area is 118 Å². The number of hydrogen-bond acceptors (Lipinski definition) is 3. The molecule has 0 saturated carbocycles. The van der Waals surface area contributed by atoms with E-state index in [9.17, 15) is 0 Å². The first-order chi connectivity index (χ1) is 8.57. The van der Waals surface area contributed by atoms with Crippen molar-refractivity contribution in [2.45, 2.75) is 25.9 Å². The monoisotopic (exact) mass is 314 g/mol. The van der Waals surface area contributed by atoms with Gasteiger partial charge in [-0.05, 0) is 32.5 Å². The first-order valence-electron chi connectivity index (χ1n) is 6.36.